The summed E-state index contributed by atoms with van der Waals surface area (Å²) in [5.74, 6) is 1.30. The van der Waals surface area contributed by atoms with Crippen molar-refractivity contribution in [1.29, 1.82) is 0 Å². The Kier molecular flexibility index (Phi) is 4.80. The Hall–Kier alpha value is -1.64. The zero-order valence-corrected chi connectivity index (χ0v) is 13.6. The first-order valence-electron chi connectivity index (χ1n) is 8.20. The molecule has 2 heterocycles. The van der Waals surface area contributed by atoms with Gasteiger partial charge >= 0.3 is 6.18 Å². The van der Waals surface area contributed by atoms with E-state index in [0.717, 1.165) is 12.8 Å². The van der Waals surface area contributed by atoms with E-state index in [4.69, 9.17) is 4.52 Å². The number of likely N-dealkylation sites (tertiary alicyclic amines) is 1. The van der Waals surface area contributed by atoms with Crippen LogP contribution in [0, 0.1) is 0 Å². The van der Waals surface area contributed by atoms with Gasteiger partial charge < -0.3 is 14.3 Å². The van der Waals surface area contributed by atoms with Crippen molar-refractivity contribution in [3.63, 3.8) is 0 Å². The van der Waals surface area contributed by atoms with Crippen LogP contribution in [-0.2, 0) is 11.3 Å². The van der Waals surface area contributed by atoms with Crippen LogP contribution in [0.1, 0.15) is 50.2 Å². The summed E-state index contributed by atoms with van der Waals surface area (Å²) in [6.45, 7) is 2.68. The molecule has 0 unspecified atom stereocenters. The van der Waals surface area contributed by atoms with Crippen molar-refractivity contribution in [2.24, 2.45) is 0 Å². The molecule has 0 aromatic carbocycles. The van der Waals surface area contributed by atoms with Gasteiger partial charge in [-0.1, -0.05) is 5.16 Å². The van der Waals surface area contributed by atoms with Crippen molar-refractivity contribution < 1.29 is 22.5 Å². The molecule has 3 rings (SSSR count). The Bertz CT molecular complexity index is 586. The molecular weight excluding hydrogens is 325 g/mol. The SMILES string of the molecule is CC(=O)N(Cc1noc(C2CC2)n1)[C@@H]1CCN(CCC(F)(F)F)C1. The molecule has 1 aliphatic carbocycles. The van der Waals surface area contributed by atoms with Gasteiger partial charge in [-0.3, -0.25) is 4.79 Å². The van der Waals surface area contributed by atoms with Crippen molar-refractivity contribution in [1.82, 2.24) is 19.9 Å². The minimum atomic E-state index is -4.15. The molecule has 9 heteroatoms. The van der Waals surface area contributed by atoms with Crippen LogP contribution in [0.2, 0.25) is 0 Å². The van der Waals surface area contributed by atoms with E-state index in [0.29, 0.717) is 37.1 Å². The Morgan fingerprint density at radius 2 is 2.12 bits per heavy atom. The third-order valence-electron chi connectivity index (χ3n) is 4.53. The van der Waals surface area contributed by atoms with Crippen molar-refractivity contribution in [3.05, 3.63) is 11.7 Å². The number of halogens is 3. The molecule has 0 bridgehead atoms. The molecule has 1 aromatic heterocycles. The lowest BCUT2D eigenvalue weighted by Gasteiger charge is -2.27. The number of rotatable bonds is 6. The van der Waals surface area contributed by atoms with Crippen molar-refractivity contribution in [2.75, 3.05) is 19.6 Å². The molecule has 1 saturated heterocycles. The predicted octanol–water partition coefficient (Wildman–Crippen LogP) is 2.32. The Morgan fingerprint density at radius 3 is 2.75 bits per heavy atom. The fourth-order valence-corrected chi connectivity index (χ4v) is 3.03. The molecular formula is C15H21F3N4O2. The molecule has 1 atom stereocenters. The number of alkyl halides is 3. The second-order valence-electron chi connectivity index (χ2n) is 6.58. The molecule has 2 fully saturated rings. The van der Waals surface area contributed by atoms with Gasteiger partial charge in [0.1, 0.15) is 0 Å². The molecule has 2 aliphatic rings. The summed E-state index contributed by atoms with van der Waals surface area (Å²) >= 11 is 0. The lowest BCUT2D eigenvalue weighted by molar-refractivity contribution is -0.138. The molecule has 0 radical (unpaired) electrons. The number of carbonyl (C=O) groups excluding carboxylic acids is 1. The second kappa shape index (κ2) is 6.70. The van der Waals surface area contributed by atoms with Crippen LogP contribution in [0.5, 0.6) is 0 Å². The largest absolute Gasteiger partial charge is 0.390 e. The number of nitrogens with zero attached hydrogens (tertiary/aromatic N) is 4. The first-order valence-corrected chi connectivity index (χ1v) is 8.20. The normalized spacial score (nSPS) is 22.1. The van der Waals surface area contributed by atoms with Crippen LogP contribution < -0.4 is 0 Å². The average Bonchev–Trinajstić information content (AvgIpc) is 3.06. The summed E-state index contributed by atoms with van der Waals surface area (Å²) in [6.07, 6.45) is -2.22. The highest BCUT2D eigenvalue weighted by Crippen LogP contribution is 2.38. The predicted molar refractivity (Wildman–Crippen MR) is 78.0 cm³/mol. The fraction of sp³-hybridized carbons (Fsp3) is 0.800. The van der Waals surface area contributed by atoms with Crippen LogP contribution in [0.15, 0.2) is 4.52 Å². The average molecular weight is 346 g/mol. The maximum Gasteiger partial charge on any atom is 0.390 e. The third kappa shape index (κ3) is 4.46. The van der Waals surface area contributed by atoms with Gasteiger partial charge in [0.05, 0.1) is 13.0 Å². The first-order chi connectivity index (χ1) is 11.3. The minimum Gasteiger partial charge on any atom is -0.339 e. The lowest BCUT2D eigenvalue weighted by Crippen LogP contribution is -2.40. The van der Waals surface area contributed by atoms with Gasteiger partial charge in [0, 0.05) is 38.5 Å². The molecule has 1 aliphatic heterocycles. The molecule has 24 heavy (non-hydrogen) atoms. The molecule has 1 saturated carbocycles. The van der Waals surface area contributed by atoms with Gasteiger partial charge in [0.2, 0.25) is 11.8 Å². The van der Waals surface area contributed by atoms with Gasteiger partial charge in [-0.05, 0) is 19.3 Å². The van der Waals surface area contributed by atoms with E-state index in [9.17, 15) is 18.0 Å². The van der Waals surface area contributed by atoms with Crippen molar-refractivity contribution >= 4 is 5.91 Å². The fourth-order valence-electron chi connectivity index (χ4n) is 3.03. The zero-order chi connectivity index (χ0) is 17.3. The summed E-state index contributed by atoms with van der Waals surface area (Å²) in [5.41, 5.74) is 0. The summed E-state index contributed by atoms with van der Waals surface area (Å²) < 4.78 is 42.2. The summed E-state index contributed by atoms with van der Waals surface area (Å²) in [4.78, 5) is 19.7. The summed E-state index contributed by atoms with van der Waals surface area (Å²) in [6, 6.07) is -0.112. The van der Waals surface area contributed by atoms with Gasteiger partial charge in [-0.15, -0.1) is 0 Å². The quantitative estimate of drug-likeness (QED) is 0.791. The maximum atomic E-state index is 12.3. The summed E-state index contributed by atoms with van der Waals surface area (Å²) in [5, 5.41) is 3.92. The Labute approximate surface area is 138 Å². The zero-order valence-electron chi connectivity index (χ0n) is 13.6. The van der Waals surface area contributed by atoms with Crippen molar-refractivity contribution in [2.45, 2.75) is 57.3 Å². The standard InChI is InChI=1S/C15H21F3N4O2/c1-10(23)22(9-13-19-14(24-20-13)11-2-3-11)12-4-6-21(8-12)7-5-15(16,17)18/h11-12H,2-9H2,1H3/t12-/m1/s1. The van der Waals surface area contributed by atoms with Crippen molar-refractivity contribution in [3.8, 4) is 0 Å². The van der Waals surface area contributed by atoms with E-state index in [1.54, 1.807) is 9.80 Å². The monoisotopic (exact) mass is 346 g/mol. The number of amides is 1. The Morgan fingerprint density at radius 1 is 1.38 bits per heavy atom. The van der Waals surface area contributed by atoms with Crippen LogP contribution in [0.3, 0.4) is 0 Å². The molecule has 0 N–H and O–H groups in total. The van der Waals surface area contributed by atoms with Crippen LogP contribution in [0.4, 0.5) is 13.2 Å². The second-order valence-corrected chi connectivity index (χ2v) is 6.58. The van der Waals surface area contributed by atoms with E-state index in [1.165, 1.54) is 6.92 Å². The molecule has 1 amide bonds. The van der Waals surface area contributed by atoms with E-state index in [1.807, 2.05) is 0 Å². The van der Waals surface area contributed by atoms with Gasteiger partial charge in [0.15, 0.2) is 5.82 Å². The molecule has 0 spiro atoms. The highest BCUT2D eigenvalue weighted by molar-refractivity contribution is 5.73. The van der Waals surface area contributed by atoms with Gasteiger partial charge in [0.25, 0.3) is 0 Å². The van der Waals surface area contributed by atoms with Crippen LogP contribution >= 0.6 is 0 Å². The smallest absolute Gasteiger partial charge is 0.339 e. The molecule has 6 nitrogen and oxygen atoms in total. The van der Waals surface area contributed by atoms with Crippen LogP contribution in [-0.4, -0.2) is 57.7 Å². The highest BCUT2D eigenvalue weighted by atomic mass is 19.4. The van der Waals surface area contributed by atoms with Gasteiger partial charge in [-0.2, -0.15) is 18.2 Å². The first kappa shape index (κ1) is 17.2. The number of carbonyl (C=O) groups is 1. The van der Waals surface area contributed by atoms with E-state index < -0.39 is 12.6 Å². The topological polar surface area (TPSA) is 62.5 Å². The molecule has 134 valence electrons. The van der Waals surface area contributed by atoms with E-state index in [2.05, 4.69) is 10.1 Å². The minimum absolute atomic E-state index is 0.0280. The lowest BCUT2D eigenvalue weighted by atomic mass is 10.2. The molecule has 1 aromatic rings. The number of aromatic nitrogens is 2. The maximum absolute atomic E-state index is 12.3. The summed E-state index contributed by atoms with van der Waals surface area (Å²) in [7, 11) is 0. The Balaban J connectivity index is 1.56. The van der Waals surface area contributed by atoms with Crippen LogP contribution in [0.25, 0.3) is 0 Å². The van der Waals surface area contributed by atoms with E-state index in [-0.39, 0.29) is 25.0 Å². The number of hydrogen-bond donors (Lipinski definition) is 0. The van der Waals surface area contributed by atoms with E-state index >= 15 is 0 Å². The van der Waals surface area contributed by atoms with Gasteiger partial charge in [-0.25, -0.2) is 0 Å². The highest BCUT2D eigenvalue weighted by Gasteiger charge is 2.34. The third-order valence-corrected chi connectivity index (χ3v) is 4.53. The number of hydrogen-bond acceptors (Lipinski definition) is 5.